The summed E-state index contributed by atoms with van der Waals surface area (Å²) in [6.45, 7) is 4.34. The van der Waals surface area contributed by atoms with Gasteiger partial charge in [-0.2, -0.15) is 0 Å². The number of hydrogen-bond acceptors (Lipinski definition) is 1. The molecular weight excluding hydrogens is 194 g/mol. The van der Waals surface area contributed by atoms with Crippen molar-refractivity contribution in [1.29, 1.82) is 0 Å². The topological polar surface area (TPSA) is 12.9 Å². The van der Waals surface area contributed by atoms with Crippen LogP contribution in [0, 0.1) is 0 Å². The second-order valence-corrected chi connectivity index (χ2v) is 3.96. The van der Waals surface area contributed by atoms with E-state index in [0.717, 1.165) is 18.5 Å². The third-order valence-electron chi connectivity index (χ3n) is 2.86. The van der Waals surface area contributed by atoms with Crippen molar-refractivity contribution >= 4 is 0 Å². The molecule has 1 aromatic heterocycles. The van der Waals surface area contributed by atoms with Gasteiger partial charge in [0.1, 0.15) is 0 Å². The van der Waals surface area contributed by atoms with Gasteiger partial charge in [-0.3, -0.25) is 4.98 Å². The van der Waals surface area contributed by atoms with Crippen molar-refractivity contribution in [3.8, 4) is 11.3 Å². The number of rotatable bonds is 3. The molecule has 16 heavy (non-hydrogen) atoms. The maximum Gasteiger partial charge on any atom is 0.0704 e. The number of nitrogens with zero attached hydrogens (tertiary/aromatic N) is 1. The monoisotopic (exact) mass is 211 g/mol. The van der Waals surface area contributed by atoms with Crippen molar-refractivity contribution in [2.75, 3.05) is 0 Å². The maximum absolute atomic E-state index is 4.43. The minimum atomic E-state index is 1.06. The van der Waals surface area contributed by atoms with Crippen molar-refractivity contribution < 1.29 is 0 Å². The van der Waals surface area contributed by atoms with Gasteiger partial charge in [-0.1, -0.05) is 32.0 Å². The highest BCUT2D eigenvalue weighted by atomic mass is 14.7. The Hall–Kier alpha value is -1.63. The first kappa shape index (κ1) is 10.9. The van der Waals surface area contributed by atoms with Crippen molar-refractivity contribution in [3.05, 3.63) is 53.7 Å². The third-order valence-corrected chi connectivity index (χ3v) is 2.86. The molecule has 0 atom stereocenters. The first-order chi connectivity index (χ1) is 7.83. The molecule has 0 radical (unpaired) electrons. The molecule has 0 saturated carbocycles. The predicted octanol–water partition coefficient (Wildman–Crippen LogP) is 3.87. The van der Waals surface area contributed by atoms with E-state index < -0.39 is 0 Å². The molecule has 1 heterocycles. The van der Waals surface area contributed by atoms with E-state index in [9.17, 15) is 0 Å². The fourth-order valence-corrected chi connectivity index (χ4v) is 1.80. The third kappa shape index (κ3) is 2.30. The second-order valence-electron chi connectivity index (χ2n) is 3.96. The molecule has 0 bridgehead atoms. The highest BCUT2D eigenvalue weighted by molar-refractivity contribution is 5.60. The highest BCUT2D eigenvalue weighted by Crippen LogP contribution is 2.19. The summed E-state index contributed by atoms with van der Waals surface area (Å²) in [5.74, 6) is 0. The van der Waals surface area contributed by atoms with Crippen LogP contribution < -0.4 is 0 Å². The number of aromatic nitrogens is 1. The van der Waals surface area contributed by atoms with E-state index in [1.54, 1.807) is 0 Å². The van der Waals surface area contributed by atoms with Gasteiger partial charge in [0, 0.05) is 11.8 Å². The molecule has 2 aromatic rings. The van der Waals surface area contributed by atoms with Gasteiger partial charge >= 0.3 is 0 Å². The van der Waals surface area contributed by atoms with Gasteiger partial charge in [-0.25, -0.2) is 0 Å². The number of aryl methyl sites for hydroxylation is 2. The molecule has 2 rings (SSSR count). The lowest BCUT2D eigenvalue weighted by atomic mass is 10.0. The van der Waals surface area contributed by atoms with Crippen LogP contribution in [-0.2, 0) is 12.8 Å². The lowest BCUT2D eigenvalue weighted by Crippen LogP contribution is -1.88. The van der Waals surface area contributed by atoms with Crippen LogP contribution in [-0.4, -0.2) is 4.98 Å². The molecule has 0 unspecified atom stereocenters. The molecule has 1 nitrogen and oxygen atoms in total. The average molecular weight is 211 g/mol. The van der Waals surface area contributed by atoms with Gasteiger partial charge < -0.3 is 0 Å². The first-order valence-electron chi connectivity index (χ1n) is 5.87. The molecule has 0 aliphatic heterocycles. The summed E-state index contributed by atoms with van der Waals surface area (Å²) in [4.78, 5) is 4.43. The summed E-state index contributed by atoms with van der Waals surface area (Å²) in [5, 5.41) is 0. The average Bonchev–Trinajstić information content (AvgIpc) is 2.39. The first-order valence-corrected chi connectivity index (χ1v) is 5.87. The SMILES string of the molecule is CCc1cccc(-c2cc(CC)ccn2)c1. The molecule has 0 N–H and O–H groups in total. The number of hydrogen-bond donors (Lipinski definition) is 0. The fourth-order valence-electron chi connectivity index (χ4n) is 1.80. The van der Waals surface area contributed by atoms with Gasteiger partial charge in [0.2, 0.25) is 0 Å². The molecule has 0 aliphatic carbocycles. The maximum atomic E-state index is 4.43. The van der Waals surface area contributed by atoms with Gasteiger partial charge in [0.15, 0.2) is 0 Å². The number of pyridine rings is 1. The second kappa shape index (κ2) is 4.93. The predicted molar refractivity (Wildman–Crippen MR) is 68.4 cm³/mol. The van der Waals surface area contributed by atoms with E-state index in [4.69, 9.17) is 0 Å². The Labute approximate surface area is 97.2 Å². The highest BCUT2D eigenvalue weighted by Gasteiger charge is 2.00. The summed E-state index contributed by atoms with van der Waals surface area (Å²) < 4.78 is 0. The Kier molecular flexibility index (Phi) is 3.35. The fraction of sp³-hybridized carbons (Fsp3) is 0.267. The summed E-state index contributed by atoms with van der Waals surface area (Å²) in [6, 6.07) is 12.9. The molecule has 0 saturated heterocycles. The van der Waals surface area contributed by atoms with Crippen molar-refractivity contribution in [2.45, 2.75) is 26.7 Å². The van der Waals surface area contributed by atoms with Crippen molar-refractivity contribution in [3.63, 3.8) is 0 Å². The van der Waals surface area contributed by atoms with Crippen LogP contribution in [0.15, 0.2) is 42.6 Å². The standard InChI is InChI=1S/C15H17N/c1-3-12-6-5-7-14(10-12)15-11-13(4-2)8-9-16-15/h5-11H,3-4H2,1-2H3. The van der Waals surface area contributed by atoms with E-state index in [1.165, 1.54) is 16.7 Å². The Morgan fingerprint density at radius 3 is 2.44 bits per heavy atom. The minimum absolute atomic E-state index is 1.06. The largest absolute Gasteiger partial charge is 0.256 e. The quantitative estimate of drug-likeness (QED) is 0.751. The van der Waals surface area contributed by atoms with Crippen molar-refractivity contribution in [1.82, 2.24) is 4.98 Å². The van der Waals surface area contributed by atoms with E-state index in [1.807, 2.05) is 6.20 Å². The van der Waals surface area contributed by atoms with Crippen LogP contribution >= 0.6 is 0 Å². The molecule has 1 heteroatoms. The van der Waals surface area contributed by atoms with Crippen LogP contribution in [0.1, 0.15) is 25.0 Å². The van der Waals surface area contributed by atoms with Crippen LogP contribution in [0.3, 0.4) is 0 Å². The van der Waals surface area contributed by atoms with Crippen LogP contribution in [0.25, 0.3) is 11.3 Å². The van der Waals surface area contributed by atoms with Crippen LogP contribution in [0.4, 0.5) is 0 Å². The van der Waals surface area contributed by atoms with E-state index >= 15 is 0 Å². The van der Waals surface area contributed by atoms with E-state index in [0.29, 0.717) is 0 Å². The summed E-state index contributed by atoms with van der Waals surface area (Å²) in [6.07, 6.45) is 4.02. The number of benzene rings is 1. The molecule has 0 amide bonds. The van der Waals surface area contributed by atoms with Gasteiger partial charge in [0.25, 0.3) is 0 Å². The Balaban J connectivity index is 2.41. The zero-order valence-electron chi connectivity index (χ0n) is 9.90. The lowest BCUT2D eigenvalue weighted by Gasteiger charge is -2.04. The van der Waals surface area contributed by atoms with Gasteiger partial charge in [-0.05, 0) is 42.2 Å². The molecule has 1 aromatic carbocycles. The minimum Gasteiger partial charge on any atom is -0.256 e. The van der Waals surface area contributed by atoms with E-state index in [2.05, 4.69) is 55.2 Å². The van der Waals surface area contributed by atoms with Crippen molar-refractivity contribution in [2.24, 2.45) is 0 Å². The van der Waals surface area contributed by atoms with Crippen LogP contribution in [0.5, 0.6) is 0 Å². The molecule has 0 aliphatic rings. The molecule has 0 spiro atoms. The zero-order valence-corrected chi connectivity index (χ0v) is 9.90. The Morgan fingerprint density at radius 1 is 0.938 bits per heavy atom. The van der Waals surface area contributed by atoms with Gasteiger partial charge in [0.05, 0.1) is 5.69 Å². The summed E-state index contributed by atoms with van der Waals surface area (Å²) in [5.41, 5.74) is 5.00. The smallest absolute Gasteiger partial charge is 0.0704 e. The van der Waals surface area contributed by atoms with E-state index in [-0.39, 0.29) is 0 Å². The van der Waals surface area contributed by atoms with Crippen LogP contribution in [0.2, 0.25) is 0 Å². The zero-order chi connectivity index (χ0) is 11.4. The lowest BCUT2D eigenvalue weighted by molar-refractivity contribution is 1.12. The normalized spacial score (nSPS) is 10.4. The van der Waals surface area contributed by atoms with Gasteiger partial charge in [-0.15, -0.1) is 0 Å². The Morgan fingerprint density at radius 2 is 1.69 bits per heavy atom. The molecule has 0 fully saturated rings. The summed E-state index contributed by atoms with van der Waals surface area (Å²) in [7, 11) is 0. The Bertz CT molecular complexity index is 429. The summed E-state index contributed by atoms with van der Waals surface area (Å²) >= 11 is 0. The molecule has 82 valence electrons. The molecular formula is C15H17N.